The Hall–Kier alpha value is -5.75. The van der Waals surface area contributed by atoms with E-state index >= 15 is 8.78 Å². The van der Waals surface area contributed by atoms with Crippen LogP contribution in [0.5, 0.6) is 0 Å². The number of nitrogens with zero attached hydrogens (tertiary/aromatic N) is 1. The van der Waals surface area contributed by atoms with Gasteiger partial charge in [0.25, 0.3) is 11.8 Å². The Balaban J connectivity index is 0.903. The molecule has 15 nitrogen and oxygen atoms in total. The third-order valence-electron chi connectivity index (χ3n) is 15.3. The van der Waals surface area contributed by atoms with Crippen molar-refractivity contribution in [2.45, 2.75) is 114 Å². The van der Waals surface area contributed by atoms with Crippen molar-refractivity contribution in [3.8, 4) is 0 Å². The Labute approximate surface area is 380 Å². The molecule has 4 fully saturated rings. The summed E-state index contributed by atoms with van der Waals surface area (Å²) in [6, 6.07) is 12.5. The molecule has 0 spiro atoms. The van der Waals surface area contributed by atoms with Crippen molar-refractivity contribution in [2.75, 3.05) is 18.5 Å². The van der Waals surface area contributed by atoms with Crippen LogP contribution in [0.3, 0.4) is 0 Å². The average Bonchev–Trinajstić information content (AvgIpc) is 3.91. The van der Waals surface area contributed by atoms with Gasteiger partial charge in [0.15, 0.2) is 29.1 Å². The van der Waals surface area contributed by atoms with Gasteiger partial charge >= 0.3 is 0 Å². The molecule has 350 valence electrons. The highest BCUT2D eigenvalue weighted by molar-refractivity contribution is 6.13. The molecule has 2 aromatic rings. The maximum atomic E-state index is 17.8. The first kappa shape index (κ1) is 46.8. The first-order valence-electron chi connectivity index (χ1n) is 22.3. The number of imide groups is 1. The zero-order chi connectivity index (χ0) is 47.7. The number of nitrogens with one attached hydrogen (secondary N) is 3. The zero-order valence-corrected chi connectivity index (χ0v) is 37.2. The van der Waals surface area contributed by atoms with Crippen molar-refractivity contribution in [2.24, 2.45) is 22.7 Å². The van der Waals surface area contributed by atoms with Gasteiger partial charge < -0.3 is 35.6 Å². The van der Waals surface area contributed by atoms with Gasteiger partial charge in [0.1, 0.15) is 24.9 Å². The van der Waals surface area contributed by atoms with Gasteiger partial charge in [-0.05, 0) is 86.9 Å². The fourth-order valence-corrected chi connectivity index (χ4v) is 11.6. The molecule has 0 radical (unpaired) electrons. The molecule has 0 unspecified atom stereocenters. The topological polar surface area (TPSA) is 218 Å². The highest BCUT2D eigenvalue weighted by Gasteiger charge is 2.80. The van der Waals surface area contributed by atoms with Crippen LogP contribution in [-0.2, 0) is 43.0 Å². The van der Waals surface area contributed by atoms with Gasteiger partial charge in [-0.3, -0.25) is 38.5 Å². The van der Waals surface area contributed by atoms with E-state index in [9.17, 15) is 43.8 Å². The molecular weight excluding hydrogens is 859 g/mol. The van der Waals surface area contributed by atoms with Crippen LogP contribution in [0.2, 0.25) is 0 Å². The number of hydrogen-bond acceptors (Lipinski definition) is 11. The number of hydrogen-bond donors (Lipinski definition) is 5. The SMILES string of the molecule is C[C@@H](c1ccc([C@@H]2O[C@@H]3C[C@H]4[C@@H]5C[C@H](F)C6=CC(=O)C=C[C@]6(C)[C@@]5(F)[C@@H](O)C[C@]4(C)[C@]3(C(=O)CO)O2)cc1)c1cccc(NC(=O)[C@H](C)NC(=O)[C@H](C)NC(=O)CCN2C(=O)C=CC2=O)c1. The first-order chi connectivity index (χ1) is 31.2. The molecule has 4 aliphatic carbocycles. The number of halogens is 2. The standard InChI is InChI=1S/C49H54F2N4O11/c1-25(30-7-6-8-31(19-30)54-44(64)27(3)53-43(63)26(2)52-40(60)16-18-55-41(61)13-14-42(55)62)28-9-11-29(12-10-28)45-65-39-22-33-34-21-36(50)35-20-32(57)15-17-46(35,4)48(34,51)37(58)23-47(33,5)49(39,66-45)38(59)24-56/h6-15,17,19-20,25-27,33-34,36-37,39,45,56,58H,16,18,21-24H2,1-5H3,(H,52,60)(H,53,63)(H,54,64)/t25-,26-,27-,33-,34-,36-,37-,39+,45+,46-,47-,48-,49+/m0/s1. The molecule has 0 bridgehead atoms. The van der Waals surface area contributed by atoms with Gasteiger partial charge in [0, 0.05) is 59.0 Å². The van der Waals surface area contributed by atoms with Gasteiger partial charge in [-0.25, -0.2) is 8.78 Å². The number of aliphatic hydroxyl groups is 2. The number of allylic oxidation sites excluding steroid dienone is 4. The fourth-order valence-electron chi connectivity index (χ4n) is 11.6. The predicted octanol–water partition coefficient (Wildman–Crippen LogP) is 3.74. The molecule has 5 amide bonds. The predicted molar refractivity (Wildman–Crippen MR) is 232 cm³/mol. The van der Waals surface area contributed by atoms with Crippen LogP contribution in [-0.4, -0.2) is 111 Å². The third kappa shape index (κ3) is 7.43. The van der Waals surface area contributed by atoms with E-state index in [-0.39, 0.29) is 43.7 Å². The molecule has 13 atom stereocenters. The fraction of sp³-hybridized carbons (Fsp3) is 0.490. The van der Waals surface area contributed by atoms with E-state index in [1.54, 1.807) is 37.3 Å². The summed E-state index contributed by atoms with van der Waals surface area (Å²) in [6.45, 7) is 7.12. The Kier molecular flexibility index (Phi) is 12.2. The normalized spacial score (nSPS) is 34.3. The van der Waals surface area contributed by atoms with Crippen molar-refractivity contribution < 1.29 is 62.0 Å². The van der Waals surface area contributed by atoms with Gasteiger partial charge in [0.2, 0.25) is 17.7 Å². The quantitative estimate of drug-likeness (QED) is 0.183. The van der Waals surface area contributed by atoms with Crippen LogP contribution < -0.4 is 16.0 Å². The lowest BCUT2D eigenvalue weighted by Crippen LogP contribution is -2.70. The monoisotopic (exact) mass is 912 g/mol. The Morgan fingerprint density at radius 2 is 1.58 bits per heavy atom. The molecule has 5 N–H and O–H groups in total. The number of carbonyl (C=O) groups excluding carboxylic acids is 7. The maximum absolute atomic E-state index is 17.8. The number of ether oxygens (including phenoxy) is 2. The summed E-state index contributed by atoms with van der Waals surface area (Å²) in [6.07, 6.45) is -0.0231. The van der Waals surface area contributed by atoms with Crippen molar-refractivity contribution in [3.05, 3.63) is 101 Å². The van der Waals surface area contributed by atoms with E-state index in [1.807, 2.05) is 25.1 Å². The lowest BCUT2D eigenvalue weighted by molar-refractivity contribution is -0.235. The molecule has 66 heavy (non-hydrogen) atoms. The summed E-state index contributed by atoms with van der Waals surface area (Å²) in [5.41, 5.74) is -4.22. The summed E-state index contributed by atoms with van der Waals surface area (Å²) in [5.74, 6) is -5.75. The average molecular weight is 913 g/mol. The molecule has 8 rings (SSSR count). The summed E-state index contributed by atoms with van der Waals surface area (Å²) in [7, 11) is 0. The number of benzene rings is 2. The van der Waals surface area contributed by atoms with E-state index in [0.717, 1.165) is 34.3 Å². The van der Waals surface area contributed by atoms with Crippen LogP contribution >= 0.6 is 0 Å². The van der Waals surface area contributed by atoms with E-state index in [2.05, 4.69) is 16.0 Å². The van der Waals surface area contributed by atoms with Crippen molar-refractivity contribution in [3.63, 3.8) is 0 Å². The van der Waals surface area contributed by atoms with E-state index in [1.165, 1.54) is 32.9 Å². The van der Waals surface area contributed by atoms with Gasteiger partial charge in [0.05, 0.1) is 12.2 Å². The van der Waals surface area contributed by atoms with Gasteiger partial charge in [-0.1, -0.05) is 56.3 Å². The molecular formula is C49H54F2N4O11. The number of alkyl halides is 2. The largest absolute Gasteiger partial charge is 0.390 e. The number of ketones is 2. The maximum Gasteiger partial charge on any atom is 0.253 e. The minimum atomic E-state index is -2.36. The lowest BCUT2D eigenvalue weighted by Gasteiger charge is -2.63. The summed E-state index contributed by atoms with van der Waals surface area (Å²) >= 11 is 0. The molecule has 0 aromatic heterocycles. The molecule has 17 heteroatoms. The van der Waals surface area contributed by atoms with Crippen molar-refractivity contribution in [1.82, 2.24) is 15.5 Å². The van der Waals surface area contributed by atoms with Crippen LogP contribution in [0.15, 0.2) is 84.5 Å². The summed E-state index contributed by atoms with van der Waals surface area (Å²) < 4.78 is 46.9. The first-order valence-corrected chi connectivity index (χ1v) is 22.3. The van der Waals surface area contributed by atoms with Crippen LogP contribution in [0.1, 0.15) is 89.2 Å². The lowest BCUT2D eigenvalue weighted by atomic mass is 9.44. The number of rotatable bonds is 13. The minimum Gasteiger partial charge on any atom is -0.390 e. The van der Waals surface area contributed by atoms with E-state index in [0.29, 0.717) is 11.3 Å². The van der Waals surface area contributed by atoms with E-state index in [4.69, 9.17) is 9.47 Å². The van der Waals surface area contributed by atoms with Crippen LogP contribution in [0.4, 0.5) is 14.5 Å². The highest BCUT2D eigenvalue weighted by Crippen LogP contribution is 2.72. The van der Waals surface area contributed by atoms with Crippen molar-refractivity contribution in [1.29, 1.82) is 0 Å². The second-order valence-electron chi connectivity index (χ2n) is 18.9. The molecule has 3 saturated carbocycles. The molecule has 6 aliphatic rings. The Morgan fingerprint density at radius 1 is 0.894 bits per heavy atom. The third-order valence-corrected chi connectivity index (χ3v) is 15.3. The number of amides is 5. The Morgan fingerprint density at radius 3 is 2.26 bits per heavy atom. The number of carbonyl (C=O) groups is 7. The zero-order valence-electron chi connectivity index (χ0n) is 37.2. The molecule has 2 heterocycles. The van der Waals surface area contributed by atoms with Crippen molar-refractivity contribution >= 4 is 46.8 Å². The second kappa shape index (κ2) is 17.2. The highest BCUT2D eigenvalue weighted by atomic mass is 19.1. The van der Waals surface area contributed by atoms with E-state index < -0.39 is 118 Å². The van der Waals surface area contributed by atoms with Crippen LogP contribution in [0, 0.1) is 22.7 Å². The Bertz CT molecular complexity index is 2460. The summed E-state index contributed by atoms with van der Waals surface area (Å²) in [5, 5.41) is 30.0. The summed E-state index contributed by atoms with van der Waals surface area (Å²) in [4.78, 5) is 88.9. The number of anilines is 1. The molecule has 2 aromatic carbocycles. The second-order valence-corrected chi connectivity index (χ2v) is 18.9. The number of Topliss-reactive ketones (excluding diaryl/α,β-unsaturated/α-hetero) is 1. The van der Waals surface area contributed by atoms with Gasteiger partial charge in [-0.2, -0.15) is 0 Å². The van der Waals surface area contributed by atoms with Gasteiger partial charge in [-0.15, -0.1) is 0 Å². The molecule has 1 saturated heterocycles. The molecule has 2 aliphatic heterocycles. The minimum absolute atomic E-state index is 0.00372. The smallest absolute Gasteiger partial charge is 0.253 e. The number of aliphatic hydroxyl groups excluding tert-OH is 2. The number of fused-ring (bicyclic) bond motifs is 7. The van der Waals surface area contributed by atoms with Crippen LogP contribution in [0.25, 0.3) is 0 Å².